The van der Waals surface area contributed by atoms with Crippen LogP contribution >= 0.6 is 23.2 Å². The van der Waals surface area contributed by atoms with Gasteiger partial charge in [0.15, 0.2) is 0 Å². The van der Waals surface area contributed by atoms with E-state index in [0.29, 0.717) is 5.03 Å². The van der Waals surface area contributed by atoms with Crippen LogP contribution in [0, 0.1) is 0 Å². The lowest BCUT2D eigenvalue weighted by molar-refractivity contribution is 1.54. The average molecular weight is 150 g/mol. The highest BCUT2D eigenvalue weighted by Crippen LogP contribution is 2.07. The summed E-state index contributed by atoms with van der Waals surface area (Å²) in [7, 11) is 0. The van der Waals surface area contributed by atoms with E-state index in [0.717, 1.165) is 0 Å². The molecule has 0 aromatic heterocycles. The second-order valence-corrected chi connectivity index (χ2v) is 1.94. The Hall–Kier alpha value is -0.270. The number of aliphatic imine (C=N–C) groups is 1. The van der Waals surface area contributed by atoms with E-state index in [-0.39, 0.29) is 5.16 Å². The highest BCUT2D eigenvalue weighted by molar-refractivity contribution is 6.34. The van der Waals surface area contributed by atoms with E-state index < -0.39 is 0 Å². The molecule has 0 saturated heterocycles. The molecule has 8 heavy (non-hydrogen) atoms. The van der Waals surface area contributed by atoms with Crippen LogP contribution < -0.4 is 0 Å². The summed E-state index contributed by atoms with van der Waals surface area (Å²) in [5.74, 6) is 0. The molecule has 3 heteroatoms. The monoisotopic (exact) mass is 149 g/mol. The zero-order valence-corrected chi connectivity index (χ0v) is 5.71. The Morgan fingerprint density at radius 3 is 2.12 bits per heavy atom. The fraction of sp³-hybridized carbons (Fsp3) is 0. The molecule has 0 bridgehead atoms. The molecular formula is C5H5Cl2N. The maximum Gasteiger partial charge on any atom is 0.129 e. The third-order valence-electron chi connectivity index (χ3n) is 0.427. The number of allylic oxidation sites excluding steroid dienone is 2. The van der Waals surface area contributed by atoms with Gasteiger partial charge >= 0.3 is 0 Å². The van der Waals surface area contributed by atoms with Gasteiger partial charge in [0.1, 0.15) is 5.16 Å². The SMILES string of the molecule is C=NC(Cl)=CC(=C)Cl. The first kappa shape index (κ1) is 7.73. The van der Waals surface area contributed by atoms with Crippen LogP contribution in [0.5, 0.6) is 0 Å². The largest absolute Gasteiger partial charge is 0.252 e. The van der Waals surface area contributed by atoms with Crippen molar-refractivity contribution in [3.05, 3.63) is 22.8 Å². The van der Waals surface area contributed by atoms with E-state index in [2.05, 4.69) is 18.3 Å². The van der Waals surface area contributed by atoms with Crippen molar-refractivity contribution in [3.63, 3.8) is 0 Å². The fourth-order valence-corrected chi connectivity index (χ4v) is 0.466. The van der Waals surface area contributed by atoms with Crippen molar-refractivity contribution < 1.29 is 0 Å². The third-order valence-corrected chi connectivity index (χ3v) is 0.765. The molecule has 0 aliphatic heterocycles. The Morgan fingerprint density at radius 1 is 1.50 bits per heavy atom. The molecule has 1 nitrogen and oxygen atoms in total. The van der Waals surface area contributed by atoms with Crippen molar-refractivity contribution in [2.75, 3.05) is 0 Å². The van der Waals surface area contributed by atoms with Crippen LogP contribution in [0.15, 0.2) is 27.8 Å². The van der Waals surface area contributed by atoms with Crippen molar-refractivity contribution in [3.8, 4) is 0 Å². The van der Waals surface area contributed by atoms with Gasteiger partial charge in [-0.3, -0.25) is 4.99 Å². The van der Waals surface area contributed by atoms with Crippen molar-refractivity contribution in [1.82, 2.24) is 0 Å². The lowest BCUT2D eigenvalue weighted by Crippen LogP contribution is -1.61. The maximum absolute atomic E-state index is 5.35. The fourth-order valence-electron chi connectivity index (χ4n) is 0.175. The Kier molecular flexibility index (Phi) is 3.57. The highest BCUT2D eigenvalue weighted by atomic mass is 35.5. The summed E-state index contributed by atoms with van der Waals surface area (Å²) in [6.07, 6.45) is 1.41. The lowest BCUT2D eigenvalue weighted by Gasteiger charge is -1.82. The first-order valence-electron chi connectivity index (χ1n) is 1.85. The van der Waals surface area contributed by atoms with Gasteiger partial charge in [-0.05, 0) is 12.8 Å². The summed E-state index contributed by atoms with van der Waals surface area (Å²) in [4.78, 5) is 3.36. The molecule has 0 aromatic rings. The highest BCUT2D eigenvalue weighted by Gasteiger charge is 1.83. The first-order chi connectivity index (χ1) is 3.66. The Bertz CT molecular complexity index is 137. The summed E-state index contributed by atoms with van der Waals surface area (Å²) in [6, 6.07) is 0. The standard InChI is InChI=1S/C5H5Cl2N/c1-4(6)3-5(7)8-2/h3H,1-2H2. The molecule has 0 rings (SSSR count). The summed E-state index contributed by atoms with van der Waals surface area (Å²) < 4.78 is 0. The molecule has 0 spiro atoms. The molecule has 0 aliphatic carbocycles. The molecule has 0 heterocycles. The Labute approximate surface area is 58.3 Å². The van der Waals surface area contributed by atoms with Crippen molar-refractivity contribution in [2.24, 2.45) is 4.99 Å². The predicted molar refractivity (Wildman–Crippen MR) is 38.5 cm³/mol. The molecule has 0 atom stereocenters. The smallest absolute Gasteiger partial charge is 0.129 e. The van der Waals surface area contributed by atoms with Crippen molar-refractivity contribution in [1.29, 1.82) is 0 Å². The van der Waals surface area contributed by atoms with Gasteiger partial charge in [-0.1, -0.05) is 29.8 Å². The molecule has 0 N–H and O–H groups in total. The molecule has 44 valence electrons. The van der Waals surface area contributed by atoms with Crippen LogP contribution in [-0.2, 0) is 0 Å². The molecule has 0 saturated carbocycles. The summed E-state index contributed by atoms with van der Waals surface area (Å²) in [5.41, 5.74) is 0. The van der Waals surface area contributed by atoms with Crippen LogP contribution in [0.25, 0.3) is 0 Å². The lowest BCUT2D eigenvalue weighted by atomic mass is 10.6. The molecule has 0 unspecified atom stereocenters. The quantitative estimate of drug-likeness (QED) is 0.325. The van der Waals surface area contributed by atoms with E-state index in [1.54, 1.807) is 0 Å². The van der Waals surface area contributed by atoms with Gasteiger partial charge in [-0.15, -0.1) is 0 Å². The van der Waals surface area contributed by atoms with Crippen LogP contribution in [0.2, 0.25) is 0 Å². The number of hydrogen-bond donors (Lipinski definition) is 0. The minimum absolute atomic E-state index is 0.255. The first-order valence-corrected chi connectivity index (χ1v) is 2.60. The molecule has 0 amide bonds. The Balaban J connectivity index is 3.94. The van der Waals surface area contributed by atoms with Gasteiger partial charge < -0.3 is 0 Å². The van der Waals surface area contributed by atoms with Gasteiger partial charge in [-0.2, -0.15) is 0 Å². The van der Waals surface area contributed by atoms with Crippen LogP contribution in [0.1, 0.15) is 0 Å². The number of nitrogens with zero attached hydrogens (tertiary/aromatic N) is 1. The number of rotatable bonds is 2. The third kappa shape index (κ3) is 3.90. The summed E-state index contributed by atoms with van der Waals surface area (Å²) in [5, 5.41) is 0.604. The van der Waals surface area contributed by atoms with Crippen LogP contribution in [-0.4, -0.2) is 6.72 Å². The Morgan fingerprint density at radius 2 is 2.00 bits per heavy atom. The zero-order chi connectivity index (χ0) is 6.57. The molecule has 0 aromatic carbocycles. The zero-order valence-electron chi connectivity index (χ0n) is 4.19. The van der Waals surface area contributed by atoms with Crippen molar-refractivity contribution >= 4 is 29.9 Å². The van der Waals surface area contributed by atoms with E-state index in [4.69, 9.17) is 23.2 Å². The molecular weight excluding hydrogens is 145 g/mol. The van der Waals surface area contributed by atoms with Gasteiger partial charge in [0.2, 0.25) is 0 Å². The van der Waals surface area contributed by atoms with E-state index in [1.807, 2.05) is 0 Å². The van der Waals surface area contributed by atoms with Gasteiger partial charge in [0.05, 0.1) is 0 Å². The summed E-state index contributed by atoms with van der Waals surface area (Å²) in [6.45, 7) is 6.52. The normalized spacial score (nSPS) is 11.0. The van der Waals surface area contributed by atoms with Crippen LogP contribution in [0.4, 0.5) is 0 Å². The molecule has 0 radical (unpaired) electrons. The topological polar surface area (TPSA) is 12.4 Å². The maximum atomic E-state index is 5.35. The number of hydrogen-bond acceptors (Lipinski definition) is 1. The molecule has 0 fully saturated rings. The average Bonchev–Trinajstić information content (AvgIpc) is 1.65. The van der Waals surface area contributed by atoms with Gasteiger partial charge in [0.25, 0.3) is 0 Å². The second-order valence-electron chi connectivity index (χ2n) is 1.07. The van der Waals surface area contributed by atoms with Gasteiger partial charge in [0, 0.05) is 5.03 Å². The van der Waals surface area contributed by atoms with Gasteiger partial charge in [-0.25, -0.2) is 0 Å². The second kappa shape index (κ2) is 3.70. The number of halogens is 2. The van der Waals surface area contributed by atoms with Crippen LogP contribution in [0.3, 0.4) is 0 Å². The van der Waals surface area contributed by atoms with Crippen molar-refractivity contribution in [2.45, 2.75) is 0 Å². The molecule has 0 aliphatic rings. The minimum atomic E-state index is 0.255. The predicted octanol–water partition coefficient (Wildman–Crippen LogP) is 2.52. The van der Waals surface area contributed by atoms with E-state index in [9.17, 15) is 0 Å². The van der Waals surface area contributed by atoms with E-state index >= 15 is 0 Å². The minimum Gasteiger partial charge on any atom is -0.252 e. The summed E-state index contributed by atoms with van der Waals surface area (Å²) >= 11 is 10.7. The van der Waals surface area contributed by atoms with E-state index in [1.165, 1.54) is 6.08 Å².